The molecule has 126 valence electrons. The lowest BCUT2D eigenvalue weighted by Crippen LogP contribution is -2.07. The third-order valence-electron chi connectivity index (χ3n) is 3.65. The number of ether oxygens (including phenoxy) is 1. The highest BCUT2D eigenvalue weighted by Gasteiger charge is 2.15. The Bertz CT molecular complexity index is 833. The Morgan fingerprint density at radius 3 is 2.96 bits per heavy atom. The summed E-state index contributed by atoms with van der Waals surface area (Å²) < 4.78 is 20.5. The highest BCUT2D eigenvalue weighted by molar-refractivity contribution is 5.90. The summed E-state index contributed by atoms with van der Waals surface area (Å²) in [5.41, 5.74) is 2.08. The molecule has 0 fully saturated rings. The topological polar surface area (TPSA) is 64.9 Å². The molecule has 3 rings (SSSR count). The maximum Gasteiger partial charge on any atom is 0.168 e. The first-order chi connectivity index (χ1) is 11.7. The van der Waals surface area contributed by atoms with Gasteiger partial charge in [-0.2, -0.15) is 5.10 Å². The minimum Gasteiger partial charge on any atom is -0.382 e. The lowest BCUT2D eigenvalue weighted by Gasteiger charge is -2.07. The van der Waals surface area contributed by atoms with Gasteiger partial charge in [0.25, 0.3) is 0 Å². The second kappa shape index (κ2) is 7.35. The summed E-state index contributed by atoms with van der Waals surface area (Å²) in [6, 6.07) is 6.29. The van der Waals surface area contributed by atoms with Crippen LogP contribution in [0.1, 0.15) is 19.0 Å². The van der Waals surface area contributed by atoms with E-state index in [0.29, 0.717) is 17.9 Å². The van der Waals surface area contributed by atoms with Gasteiger partial charge in [0.1, 0.15) is 18.0 Å². The molecular weight excluding hydrogens is 309 g/mol. The van der Waals surface area contributed by atoms with E-state index in [-0.39, 0.29) is 5.82 Å². The van der Waals surface area contributed by atoms with Gasteiger partial charge in [0.2, 0.25) is 0 Å². The zero-order valence-corrected chi connectivity index (χ0v) is 13.8. The van der Waals surface area contributed by atoms with Crippen LogP contribution in [-0.2, 0) is 4.74 Å². The second-order valence-corrected chi connectivity index (χ2v) is 5.38. The molecule has 1 aromatic carbocycles. The SMILES string of the molecule is CCOCCCNc1ncnc2c1c(C)nn2-c1cccc(F)c1. The van der Waals surface area contributed by atoms with Crippen LogP contribution in [0.25, 0.3) is 16.7 Å². The first-order valence-electron chi connectivity index (χ1n) is 7.98. The van der Waals surface area contributed by atoms with Crippen LogP contribution in [0.5, 0.6) is 0 Å². The van der Waals surface area contributed by atoms with Crippen molar-refractivity contribution >= 4 is 16.9 Å². The Kier molecular flexibility index (Phi) is 5.00. The van der Waals surface area contributed by atoms with Crippen molar-refractivity contribution in [1.29, 1.82) is 0 Å². The molecule has 0 spiro atoms. The van der Waals surface area contributed by atoms with E-state index < -0.39 is 0 Å². The van der Waals surface area contributed by atoms with Crippen LogP contribution in [0, 0.1) is 12.7 Å². The number of rotatable bonds is 7. The first-order valence-corrected chi connectivity index (χ1v) is 7.98. The van der Waals surface area contributed by atoms with Crippen LogP contribution in [0.4, 0.5) is 10.2 Å². The zero-order chi connectivity index (χ0) is 16.9. The van der Waals surface area contributed by atoms with Crippen molar-refractivity contribution in [2.45, 2.75) is 20.3 Å². The van der Waals surface area contributed by atoms with E-state index in [4.69, 9.17) is 4.74 Å². The number of aryl methyl sites for hydroxylation is 1. The van der Waals surface area contributed by atoms with E-state index in [0.717, 1.165) is 36.5 Å². The molecule has 1 N–H and O–H groups in total. The minimum absolute atomic E-state index is 0.308. The molecule has 24 heavy (non-hydrogen) atoms. The highest BCUT2D eigenvalue weighted by atomic mass is 19.1. The number of benzene rings is 1. The lowest BCUT2D eigenvalue weighted by atomic mass is 10.3. The molecule has 0 aliphatic heterocycles. The Morgan fingerprint density at radius 1 is 1.29 bits per heavy atom. The van der Waals surface area contributed by atoms with Gasteiger partial charge in [0, 0.05) is 19.8 Å². The molecule has 7 heteroatoms. The van der Waals surface area contributed by atoms with E-state index in [2.05, 4.69) is 20.4 Å². The average molecular weight is 329 g/mol. The second-order valence-electron chi connectivity index (χ2n) is 5.38. The molecule has 0 saturated carbocycles. The van der Waals surface area contributed by atoms with Crippen LogP contribution in [0.15, 0.2) is 30.6 Å². The summed E-state index contributed by atoms with van der Waals surface area (Å²) in [7, 11) is 0. The minimum atomic E-state index is -0.308. The fourth-order valence-corrected chi connectivity index (χ4v) is 2.56. The van der Waals surface area contributed by atoms with Gasteiger partial charge in [-0.25, -0.2) is 19.0 Å². The van der Waals surface area contributed by atoms with Crippen molar-refractivity contribution in [2.75, 3.05) is 25.1 Å². The molecule has 0 atom stereocenters. The number of aromatic nitrogens is 4. The molecule has 6 nitrogen and oxygen atoms in total. The summed E-state index contributed by atoms with van der Waals surface area (Å²) >= 11 is 0. The molecule has 0 saturated heterocycles. The third kappa shape index (κ3) is 3.35. The van der Waals surface area contributed by atoms with Crippen molar-refractivity contribution in [1.82, 2.24) is 19.7 Å². The summed E-state index contributed by atoms with van der Waals surface area (Å²) in [5, 5.41) is 8.65. The van der Waals surface area contributed by atoms with E-state index in [1.165, 1.54) is 18.5 Å². The molecule has 0 unspecified atom stereocenters. The van der Waals surface area contributed by atoms with Crippen LogP contribution in [0.3, 0.4) is 0 Å². The number of anilines is 1. The number of nitrogens with zero attached hydrogens (tertiary/aromatic N) is 4. The molecule has 3 aromatic rings. The van der Waals surface area contributed by atoms with Crippen molar-refractivity contribution in [2.24, 2.45) is 0 Å². The van der Waals surface area contributed by atoms with E-state index >= 15 is 0 Å². The fraction of sp³-hybridized carbons (Fsp3) is 0.353. The largest absolute Gasteiger partial charge is 0.382 e. The van der Waals surface area contributed by atoms with E-state index in [1.54, 1.807) is 16.8 Å². The fourth-order valence-electron chi connectivity index (χ4n) is 2.56. The maximum absolute atomic E-state index is 13.5. The summed E-state index contributed by atoms with van der Waals surface area (Å²) in [6.45, 7) is 6.05. The van der Waals surface area contributed by atoms with Gasteiger partial charge in [-0.3, -0.25) is 0 Å². The summed E-state index contributed by atoms with van der Waals surface area (Å²) in [5.74, 6) is 0.425. The molecule has 2 aromatic heterocycles. The Balaban J connectivity index is 1.90. The van der Waals surface area contributed by atoms with E-state index in [9.17, 15) is 4.39 Å². The summed E-state index contributed by atoms with van der Waals surface area (Å²) in [6.07, 6.45) is 2.38. The molecule has 0 radical (unpaired) electrons. The molecule has 0 bridgehead atoms. The van der Waals surface area contributed by atoms with Crippen LogP contribution < -0.4 is 5.32 Å². The number of hydrogen-bond acceptors (Lipinski definition) is 5. The van der Waals surface area contributed by atoms with Gasteiger partial charge in [0.05, 0.1) is 16.8 Å². The molecule has 0 amide bonds. The predicted octanol–water partition coefficient (Wildman–Crippen LogP) is 3.10. The van der Waals surface area contributed by atoms with Crippen molar-refractivity contribution in [3.63, 3.8) is 0 Å². The van der Waals surface area contributed by atoms with Gasteiger partial charge in [-0.1, -0.05) is 6.07 Å². The van der Waals surface area contributed by atoms with Gasteiger partial charge >= 0.3 is 0 Å². The van der Waals surface area contributed by atoms with Crippen molar-refractivity contribution < 1.29 is 9.13 Å². The molecule has 2 heterocycles. The van der Waals surface area contributed by atoms with Crippen LogP contribution in [0.2, 0.25) is 0 Å². The Hall–Kier alpha value is -2.54. The van der Waals surface area contributed by atoms with Crippen LogP contribution in [-0.4, -0.2) is 39.5 Å². The highest BCUT2D eigenvalue weighted by Crippen LogP contribution is 2.25. The number of halogens is 1. The van der Waals surface area contributed by atoms with Gasteiger partial charge < -0.3 is 10.1 Å². The third-order valence-corrected chi connectivity index (χ3v) is 3.65. The predicted molar refractivity (Wildman–Crippen MR) is 91.0 cm³/mol. The smallest absolute Gasteiger partial charge is 0.168 e. The Morgan fingerprint density at radius 2 is 2.17 bits per heavy atom. The van der Waals surface area contributed by atoms with E-state index in [1.807, 2.05) is 13.8 Å². The van der Waals surface area contributed by atoms with Crippen LogP contribution >= 0.6 is 0 Å². The summed E-state index contributed by atoms with van der Waals surface area (Å²) in [4.78, 5) is 8.65. The normalized spacial score (nSPS) is 11.1. The lowest BCUT2D eigenvalue weighted by molar-refractivity contribution is 0.147. The average Bonchev–Trinajstić information content (AvgIpc) is 2.93. The number of hydrogen-bond donors (Lipinski definition) is 1. The Labute approximate surface area is 139 Å². The standard InChI is InChI=1S/C17H20FN5O/c1-3-24-9-5-8-19-16-15-12(2)22-23(17(15)21-11-20-16)14-7-4-6-13(18)10-14/h4,6-7,10-11H,3,5,8-9H2,1-2H3,(H,19,20,21). The van der Waals surface area contributed by atoms with Crippen molar-refractivity contribution in [3.05, 3.63) is 42.1 Å². The monoisotopic (exact) mass is 329 g/mol. The van der Waals surface area contributed by atoms with Gasteiger partial charge in [-0.15, -0.1) is 0 Å². The van der Waals surface area contributed by atoms with Gasteiger partial charge in [-0.05, 0) is 38.5 Å². The quantitative estimate of drug-likeness (QED) is 0.675. The molecular formula is C17H20FN5O. The van der Waals surface area contributed by atoms with Crippen molar-refractivity contribution in [3.8, 4) is 5.69 Å². The number of fused-ring (bicyclic) bond motifs is 1. The molecule has 0 aliphatic rings. The zero-order valence-electron chi connectivity index (χ0n) is 13.8. The number of nitrogens with one attached hydrogen (secondary N) is 1. The maximum atomic E-state index is 13.5. The first kappa shape index (κ1) is 16.3. The molecule has 0 aliphatic carbocycles. The van der Waals surface area contributed by atoms with Gasteiger partial charge in [0.15, 0.2) is 5.65 Å².